The van der Waals surface area contributed by atoms with Crippen molar-refractivity contribution in [2.24, 2.45) is 5.92 Å². The maximum Gasteiger partial charge on any atom is 0.252 e. The molecule has 1 aliphatic rings. The molecule has 1 aromatic heterocycles. The number of nitrogens with one attached hydrogen (secondary N) is 1. The van der Waals surface area contributed by atoms with Crippen LogP contribution < -0.4 is 5.32 Å². The molecular weight excluding hydrogens is 358 g/mol. The summed E-state index contributed by atoms with van der Waals surface area (Å²) >= 11 is 1.24. The second kappa shape index (κ2) is 9.12. The molecule has 1 aromatic rings. The van der Waals surface area contributed by atoms with Gasteiger partial charge in [0, 0.05) is 32.2 Å². The van der Waals surface area contributed by atoms with E-state index in [1.165, 1.54) is 15.6 Å². The molecule has 1 fully saturated rings. The van der Waals surface area contributed by atoms with Crippen molar-refractivity contribution in [3.63, 3.8) is 0 Å². The predicted octanol–water partition coefficient (Wildman–Crippen LogP) is 2.00. The maximum atomic E-state index is 12.5. The van der Waals surface area contributed by atoms with Crippen molar-refractivity contribution in [1.29, 1.82) is 0 Å². The topological polar surface area (TPSA) is 69.7 Å². The standard InChI is InChI=1S/C17H29N3O3S2/c1-14(2)6-7-15(3)18-16(21)13-19-8-10-20(11-9-19)25(22,23)17-5-4-12-24-17/h4-5,12,14-15H,6-11,13H2,1-3H3,(H,18,21)/t15-/m1/s1. The zero-order chi connectivity index (χ0) is 18.4. The first-order valence-electron chi connectivity index (χ1n) is 8.84. The van der Waals surface area contributed by atoms with Crippen LogP contribution in [0, 0.1) is 5.92 Å². The first-order chi connectivity index (χ1) is 11.8. The van der Waals surface area contributed by atoms with Crippen LogP contribution in [0.3, 0.4) is 0 Å². The Morgan fingerprint density at radius 3 is 2.44 bits per heavy atom. The second-order valence-electron chi connectivity index (χ2n) is 7.05. The van der Waals surface area contributed by atoms with E-state index in [0.717, 1.165) is 12.8 Å². The SMILES string of the molecule is CC(C)CC[C@@H](C)NC(=O)CN1CCN(S(=O)(=O)c2cccs2)CC1. The van der Waals surface area contributed by atoms with Gasteiger partial charge in [-0.15, -0.1) is 11.3 Å². The van der Waals surface area contributed by atoms with Gasteiger partial charge in [-0.2, -0.15) is 4.31 Å². The number of nitrogens with zero attached hydrogens (tertiary/aromatic N) is 2. The predicted molar refractivity (Wildman–Crippen MR) is 101 cm³/mol. The van der Waals surface area contributed by atoms with Gasteiger partial charge in [0.25, 0.3) is 10.0 Å². The highest BCUT2D eigenvalue weighted by molar-refractivity contribution is 7.91. The average molecular weight is 388 g/mol. The van der Waals surface area contributed by atoms with Crippen LogP contribution in [-0.4, -0.2) is 62.3 Å². The third-order valence-corrected chi connectivity index (χ3v) is 7.64. The molecule has 0 unspecified atom stereocenters. The van der Waals surface area contributed by atoms with E-state index in [-0.39, 0.29) is 11.9 Å². The van der Waals surface area contributed by atoms with Gasteiger partial charge in [-0.3, -0.25) is 9.69 Å². The van der Waals surface area contributed by atoms with E-state index in [1.807, 2.05) is 11.8 Å². The number of thiophene rings is 1. The van der Waals surface area contributed by atoms with Gasteiger partial charge in [0.2, 0.25) is 5.91 Å². The molecule has 6 nitrogen and oxygen atoms in total. The van der Waals surface area contributed by atoms with Crippen molar-refractivity contribution in [1.82, 2.24) is 14.5 Å². The minimum Gasteiger partial charge on any atom is -0.353 e. The molecule has 25 heavy (non-hydrogen) atoms. The lowest BCUT2D eigenvalue weighted by Crippen LogP contribution is -2.51. The van der Waals surface area contributed by atoms with E-state index in [2.05, 4.69) is 19.2 Å². The summed E-state index contributed by atoms with van der Waals surface area (Å²) in [5.74, 6) is 0.656. The minimum atomic E-state index is -3.38. The van der Waals surface area contributed by atoms with E-state index < -0.39 is 10.0 Å². The summed E-state index contributed by atoms with van der Waals surface area (Å²) in [7, 11) is -3.38. The van der Waals surface area contributed by atoms with E-state index in [9.17, 15) is 13.2 Å². The third kappa shape index (κ3) is 6.06. The molecule has 1 atom stereocenters. The molecule has 0 bridgehead atoms. The second-order valence-corrected chi connectivity index (χ2v) is 10.2. The van der Waals surface area contributed by atoms with E-state index in [0.29, 0.717) is 42.9 Å². The molecule has 8 heteroatoms. The fraction of sp³-hybridized carbons (Fsp3) is 0.706. The lowest BCUT2D eigenvalue weighted by Gasteiger charge is -2.33. The van der Waals surface area contributed by atoms with E-state index >= 15 is 0 Å². The molecule has 0 aliphatic carbocycles. The molecule has 2 rings (SSSR count). The fourth-order valence-electron chi connectivity index (χ4n) is 2.84. The van der Waals surface area contributed by atoms with Crippen molar-refractivity contribution in [3.05, 3.63) is 17.5 Å². The van der Waals surface area contributed by atoms with Crippen molar-refractivity contribution >= 4 is 27.3 Å². The van der Waals surface area contributed by atoms with E-state index in [1.54, 1.807) is 17.5 Å². The molecule has 0 saturated carbocycles. The Bertz CT molecular complexity index is 636. The van der Waals surface area contributed by atoms with Gasteiger partial charge < -0.3 is 5.32 Å². The molecule has 0 aromatic carbocycles. The number of rotatable bonds is 8. The minimum absolute atomic E-state index is 0.0193. The van der Waals surface area contributed by atoms with Crippen molar-refractivity contribution in [3.8, 4) is 0 Å². The first kappa shape index (κ1) is 20.4. The maximum absolute atomic E-state index is 12.5. The molecular formula is C17H29N3O3S2. The Balaban J connectivity index is 1.76. The Kier molecular flexibility index (Phi) is 7.42. The third-order valence-electron chi connectivity index (χ3n) is 4.37. The highest BCUT2D eigenvalue weighted by Gasteiger charge is 2.29. The Hall–Kier alpha value is -0.960. The number of amides is 1. The van der Waals surface area contributed by atoms with Crippen molar-refractivity contribution < 1.29 is 13.2 Å². The summed E-state index contributed by atoms with van der Waals surface area (Å²) in [4.78, 5) is 14.2. The quantitative estimate of drug-likeness (QED) is 0.741. The lowest BCUT2D eigenvalue weighted by molar-refractivity contribution is -0.123. The highest BCUT2D eigenvalue weighted by atomic mass is 32.2. The van der Waals surface area contributed by atoms with Crippen LogP contribution in [0.1, 0.15) is 33.6 Å². The number of hydrogen-bond acceptors (Lipinski definition) is 5. The van der Waals surface area contributed by atoms with Crippen LogP contribution >= 0.6 is 11.3 Å². The van der Waals surface area contributed by atoms with Crippen LogP contribution in [0.25, 0.3) is 0 Å². The molecule has 0 spiro atoms. The molecule has 1 N–H and O–H groups in total. The van der Waals surface area contributed by atoms with Crippen LogP contribution in [0.5, 0.6) is 0 Å². The number of hydrogen-bond donors (Lipinski definition) is 1. The normalized spacial score (nSPS) is 18.4. The number of piperazine rings is 1. The molecule has 1 amide bonds. The first-order valence-corrected chi connectivity index (χ1v) is 11.2. The number of carbonyl (C=O) groups is 1. The summed E-state index contributed by atoms with van der Waals surface area (Å²) in [6.07, 6.45) is 2.08. The average Bonchev–Trinajstić information content (AvgIpc) is 3.08. The summed E-state index contributed by atoms with van der Waals surface area (Å²) in [5.41, 5.74) is 0. The van der Waals surface area contributed by atoms with Gasteiger partial charge in [0.1, 0.15) is 4.21 Å². The van der Waals surface area contributed by atoms with Crippen molar-refractivity contribution in [2.75, 3.05) is 32.7 Å². The van der Waals surface area contributed by atoms with Gasteiger partial charge >= 0.3 is 0 Å². The summed E-state index contributed by atoms with van der Waals surface area (Å²) in [5, 5.41) is 4.81. The van der Waals surface area contributed by atoms with Crippen LogP contribution in [0.15, 0.2) is 21.7 Å². The summed E-state index contributed by atoms with van der Waals surface area (Å²) in [6.45, 7) is 8.74. The number of carbonyl (C=O) groups excluding carboxylic acids is 1. The zero-order valence-electron chi connectivity index (χ0n) is 15.3. The Morgan fingerprint density at radius 2 is 1.88 bits per heavy atom. The molecule has 1 saturated heterocycles. The van der Waals surface area contributed by atoms with Gasteiger partial charge in [0.05, 0.1) is 6.54 Å². The van der Waals surface area contributed by atoms with Crippen LogP contribution in [-0.2, 0) is 14.8 Å². The Morgan fingerprint density at radius 1 is 1.20 bits per heavy atom. The van der Waals surface area contributed by atoms with Gasteiger partial charge in [-0.25, -0.2) is 8.42 Å². The highest BCUT2D eigenvalue weighted by Crippen LogP contribution is 2.21. The molecule has 0 radical (unpaired) electrons. The molecule has 2 heterocycles. The molecule has 142 valence electrons. The molecule has 1 aliphatic heterocycles. The summed E-state index contributed by atoms with van der Waals surface area (Å²) < 4.78 is 26.9. The lowest BCUT2D eigenvalue weighted by atomic mass is 10.0. The fourth-order valence-corrected chi connectivity index (χ4v) is 5.41. The zero-order valence-corrected chi connectivity index (χ0v) is 16.9. The van der Waals surface area contributed by atoms with Gasteiger partial charge in [-0.1, -0.05) is 19.9 Å². The summed E-state index contributed by atoms with van der Waals surface area (Å²) in [6, 6.07) is 3.56. The van der Waals surface area contributed by atoms with E-state index in [4.69, 9.17) is 0 Å². The van der Waals surface area contributed by atoms with Crippen LogP contribution in [0.4, 0.5) is 0 Å². The van der Waals surface area contributed by atoms with Crippen LogP contribution in [0.2, 0.25) is 0 Å². The van der Waals surface area contributed by atoms with Crippen molar-refractivity contribution in [2.45, 2.75) is 43.9 Å². The Labute approximate surface area is 155 Å². The smallest absolute Gasteiger partial charge is 0.252 e. The van der Waals surface area contributed by atoms with Gasteiger partial charge in [0.15, 0.2) is 0 Å². The largest absolute Gasteiger partial charge is 0.353 e. The number of sulfonamides is 1. The monoisotopic (exact) mass is 387 g/mol. The van der Waals surface area contributed by atoms with Gasteiger partial charge in [-0.05, 0) is 37.1 Å².